The maximum atomic E-state index is 12.9. The molecule has 0 radical (unpaired) electrons. The van der Waals surface area contributed by atoms with Gasteiger partial charge in [-0.25, -0.2) is 4.52 Å². The van der Waals surface area contributed by atoms with Gasteiger partial charge in [-0.2, -0.15) is 4.98 Å². The zero-order chi connectivity index (χ0) is 19.1. The van der Waals surface area contributed by atoms with E-state index in [2.05, 4.69) is 10.3 Å². The molecule has 0 aliphatic heterocycles. The lowest BCUT2D eigenvalue weighted by Gasteiger charge is -2.18. The second-order valence-electron chi connectivity index (χ2n) is 6.38. The van der Waals surface area contributed by atoms with Gasteiger partial charge in [0, 0.05) is 17.1 Å². The molecule has 7 heteroatoms. The Morgan fingerprint density at radius 1 is 1.15 bits per heavy atom. The first kappa shape index (κ1) is 17.3. The van der Waals surface area contributed by atoms with Crippen LogP contribution in [0, 0.1) is 6.92 Å². The zero-order valence-electron chi connectivity index (χ0n) is 14.8. The summed E-state index contributed by atoms with van der Waals surface area (Å²) in [7, 11) is 0. The van der Waals surface area contributed by atoms with Crippen molar-refractivity contribution in [2.24, 2.45) is 0 Å². The Morgan fingerprint density at radius 2 is 1.85 bits per heavy atom. The Morgan fingerprint density at radius 3 is 2.63 bits per heavy atom. The van der Waals surface area contributed by atoms with Crippen LogP contribution in [0.5, 0.6) is 0 Å². The molecule has 2 aromatic heterocycles. The number of rotatable bonds is 3. The molecule has 4 rings (SSSR count). The third-order valence-electron chi connectivity index (χ3n) is 4.57. The van der Waals surface area contributed by atoms with E-state index in [0.29, 0.717) is 22.1 Å². The van der Waals surface area contributed by atoms with Crippen LogP contribution >= 0.6 is 11.6 Å². The first-order chi connectivity index (χ1) is 13.0. The first-order valence-corrected chi connectivity index (χ1v) is 8.90. The van der Waals surface area contributed by atoms with Crippen molar-refractivity contribution in [2.75, 3.05) is 5.32 Å². The summed E-state index contributed by atoms with van der Waals surface area (Å²) in [4.78, 5) is 29.0. The Balaban J connectivity index is 1.88. The number of hydrogen-bond acceptors (Lipinski definition) is 3. The van der Waals surface area contributed by atoms with Gasteiger partial charge in [0.25, 0.3) is 5.56 Å². The summed E-state index contributed by atoms with van der Waals surface area (Å²) in [6, 6.07) is 15.6. The third kappa shape index (κ3) is 2.88. The van der Waals surface area contributed by atoms with E-state index in [1.807, 2.05) is 46.5 Å². The molecule has 1 unspecified atom stereocenters. The fraction of sp³-hybridized carbons (Fsp3) is 0.150. The summed E-state index contributed by atoms with van der Waals surface area (Å²) >= 11 is 6.16. The molecule has 0 saturated heterocycles. The number of nitrogens with zero attached hydrogens (tertiary/aromatic N) is 3. The molecule has 6 nitrogen and oxygen atoms in total. The lowest BCUT2D eigenvalue weighted by Crippen LogP contribution is -2.27. The number of nitrogens with one attached hydrogen (secondary N) is 1. The van der Waals surface area contributed by atoms with Crippen molar-refractivity contribution in [1.82, 2.24) is 14.2 Å². The molecule has 1 N–H and O–H groups in total. The van der Waals surface area contributed by atoms with Gasteiger partial charge in [0.15, 0.2) is 5.65 Å². The van der Waals surface area contributed by atoms with Gasteiger partial charge in [0.1, 0.15) is 6.04 Å². The van der Waals surface area contributed by atoms with Gasteiger partial charge >= 0.3 is 0 Å². The van der Waals surface area contributed by atoms with Crippen LogP contribution in [0.2, 0.25) is 5.02 Å². The molecule has 2 heterocycles. The van der Waals surface area contributed by atoms with Crippen molar-refractivity contribution in [3.05, 3.63) is 75.7 Å². The zero-order valence-corrected chi connectivity index (χ0v) is 15.6. The molecular weight excluding hydrogens is 364 g/mol. The van der Waals surface area contributed by atoms with Crippen LogP contribution in [0.3, 0.4) is 0 Å². The van der Waals surface area contributed by atoms with Crippen molar-refractivity contribution in [3.63, 3.8) is 0 Å². The van der Waals surface area contributed by atoms with Crippen LogP contribution in [0.25, 0.3) is 16.6 Å². The summed E-state index contributed by atoms with van der Waals surface area (Å²) in [5.41, 5.74) is 2.31. The number of carbonyl (C=O) groups excluding carboxylic acids is 1. The third-order valence-corrected chi connectivity index (χ3v) is 4.90. The average molecular weight is 381 g/mol. The molecule has 1 amide bonds. The minimum absolute atomic E-state index is 0.219. The highest BCUT2D eigenvalue weighted by molar-refractivity contribution is 6.33. The summed E-state index contributed by atoms with van der Waals surface area (Å²) in [6.45, 7) is 3.62. The van der Waals surface area contributed by atoms with Gasteiger partial charge in [-0.3, -0.25) is 14.3 Å². The highest BCUT2D eigenvalue weighted by atomic mass is 35.5. The van der Waals surface area contributed by atoms with Crippen LogP contribution in [0.15, 0.2) is 59.4 Å². The fourth-order valence-electron chi connectivity index (χ4n) is 3.30. The molecule has 0 aliphatic rings. The number of halogens is 1. The van der Waals surface area contributed by atoms with Crippen LogP contribution in [0.1, 0.15) is 18.7 Å². The number of amides is 1. The predicted octanol–water partition coefficient (Wildman–Crippen LogP) is 3.81. The van der Waals surface area contributed by atoms with E-state index in [-0.39, 0.29) is 11.5 Å². The number of benzene rings is 2. The van der Waals surface area contributed by atoms with E-state index in [1.165, 1.54) is 6.07 Å². The minimum Gasteiger partial charge on any atom is -0.323 e. The molecule has 0 spiro atoms. The number of fused-ring (bicyclic) bond motifs is 3. The van der Waals surface area contributed by atoms with Crippen molar-refractivity contribution >= 4 is 39.7 Å². The van der Waals surface area contributed by atoms with Crippen molar-refractivity contribution in [3.8, 4) is 0 Å². The Bertz CT molecular complexity index is 1240. The molecule has 0 aliphatic carbocycles. The Kier molecular flexibility index (Phi) is 4.20. The molecule has 136 valence electrons. The maximum absolute atomic E-state index is 12.9. The van der Waals surface area contributed by atoms with Gasteiger partial charge in [0.2, 0.25) is 5.91 Å². The van der Waals surface area contributed by atoms with Gasteiger partial charge in [-0.1, -0.05) is 35.9 Å². The second kappa shape index (κ2) is 6.55. The van der Waals surface area contributed by atoms with Gasteiger partial charge in [-0.05, 0) is 38.1 Å². The first-order valence-electron chi connectivity index (χ1n) is 8.52. The monoisotopic (exact) mass is 380 g/mol. The van der Waals surface area contributed by atoms with E-state index < -0.39 is 6.04 Å². The standard InChI is InChI=1S/C20H17ClN4O2/c1-12-11-18(26)23-19-14-7-3-6-10-17(14)25(24(12)19)13(2)20(27)22-16-9-5-4-8-15(16)21/h3-11,13H,1-2H3,(H,22,27). The van der Waals surface area contributed by atoms with E-state index >= 15 is 0 Å². The highest BCUT2D eigenvalue weighted by Crippen LogP contribution is 2.27. The summed E-state index contributed by atoms with van der Waals surface area (Å²) in [6.07, 6.45) is 0. The smallest absolute Gasteiger partial charge is 0.273 e. The molecule has 0 saturated carbocycles. The van der Waals surface area contributed by atoms with Crippen LogP contribution < -0.4 is 10.9 Å². The average Bonchev–Trinajstić information content (AvgIpc) is 2.98. The Hall–Kier alpha value is -3.12. The molecular formula is C20H17ClN4O2. The largest absolute Gasteiger partial charge is 0.323 e. The van der Waals surface area contributed by atoms with Crippen LogP contribution in [0.4, 0.5) is 5.69 Å². The van der Waals surface area contributed by atoms with Gasteiger partial charge in [0.05, 0.1) is 16.2 Å². The predicted molar refractivity (Wildman–Crippen MR) is 106 cm³/mol. The van der Waals surface area contributed by atoms with E-state index in [4.69, 9.17) is 11.6 Å². The number of aromatic nitrogens is 3. The number of anilines is 1. The summed E-state index contributed by atoms with van der Waals surface area (Å²) < 4.78 is 3.65. The van der Waals surface area contributed by atoms with Gasteiger partial charge in [-0.15, -0.1) is 0 Å². The topological polar surface area (TPSA) is 68.4 Å². The molecule has 4 aromatic rings. The van der Waals surface area contributed by atoms with E-state index in [9.17, 15) is 9.59 Å². The normalized spacial score (nSPS) is 12.4. The molecule has 0 bridgehead atoms. The molecule has 27 heavy (non-hydrogen) atoms. The second-order valence-corrected chi connectivity index (χ2v) is 6.79. The SMILES string of the molecule is Cc1cc(=O)nc2c3ccccc3n(C(C)C(=O)Nc3ccccc3Cl)n12. The number of aryl methyl sites for hydroxylation is 1. The lowest BCUT2D eigenvalue weighted by molar-refractivity contribution is -0.119. The van der Waals surface area contributed by atoms with Crippen molar-refractivity contribution in [2.45, 2.75) is 19.9 Å². The molecule has 0 fully saturated rings. The molecule has 1 atom stereocenters. The lowest BCUT2D eigenvalue weighted by atomic mass is 10.2. The number of carbonyl (C=O) groups is 1. The minimum atomic E-state index is -0.563. The van der Waals surface area contributed by atoms with Gasteiger partial charge < -0.3 is 5.32 Å². The molecule has 2 aromatic carbocycles. The maximum Gasteiger partial charge on any atom is 0.273 e. The summed E-state index contributed by atoms with van der Waals surface area (Å²) in [5.74, 6) is -0.219. The highest BCUT2D eigenvalue weighted by Gasteiger charge is 2.22. The Labute approximate surface area is 160 Å². The quantitative estimate of drug-likeness (QED) is 0.587. The number of para-hydroxylation sites is 2. The van der Waals surface area contributed by atoms with Crippen LogP contribution in [-0.4, -0.2) is 20.1 Å². The van der Waals surface area contributed by atoms with Crippen LogP contribution in [-0.2, 0) is 4.79 Å². The van der Waals surface area contributed by atoms with E-state index in [0.717, 1.165) is 10.9 Å². The van der Waals surface area contributed by atoms with E-state index in [1.54, 1.807) is 25.1 Å². The fourth-order valence-corrected chi connectivity index (χ4v) is 3.48. The van der Waals surface area contributed by atoms with Crippen molar-refractivity contribution in [1.29, 1.82) is 0 Å². The number of hydrogen-bond donors (Lipinski definition) is 1. The van der Waals surface area contributed by atoms with Crippen molar-refractivity contribution < 1.29 is 4.79 Å². The summed E-state index contributed by atoms with van der Waals surface area (Å²) in [5, 5.41) is 4.16.